The summed E-state index contributed by atoms with van der Waals surface area (Å²) in [5.41, 5.74) is 0. The summed E-state index contributed by atoms with van der Waals surface area (Å²) in [5.74, 6) is -1.22. The molecule has 0 saturated carbocycles. The second-order valence-corrected chi connectivity index (χ2v) is 7.42. The number of carboxylic acids is 1. The van der Waals surface area contributed by atoms with Crippen molar-refractivity contribution in [3.63, 3.8) is 0 Å². The summed E-state index contributed by atoms with van der Waals surface area (Å²) < 4.78 is 36.3. The summed E-state index contributed by atoms with van der Waals surface area (Å²) >= 11 is 0.963. The van der Waals surface area contributed by atoms with E-state index < -0.39 is 28.1 Å². The standard InChI is InChI=1S/C11H15NO6S2/c1-7-10(11(13)14)12(5-6-18-7)20(15,16)9-4-3-8(17-2)19-9/h3-4,7,10H,5-6H2,1-2H3,(H,13,14)/t7-,10+/m1/s1. The molecule has 1 aromatic rings. The minimum Gasteiger partial charge on any atom is -0.487 e. The Bertz CT molecular complexity index is 596. The molecule has 112 valence electrons. The molecule has 1 fully saturated rings. The number of nitrogens with zero attached hydrogens (tertiary/aromatic N) is 1. The lowest BCUT2D eigenvalue weighted by molar-refractivity contribution is -0.150. The molecule has 0 aromatic carbocycles. The number of ether oxygens (including phenoxy) is 2. The predicted octanol–water partition coefficient (Wildman–Crippen LogP) is 0.619. The molecule has 0 aliphatic carbocycles. The van der Waals surface area contributed by atoms with Crippen molar-refractivity contribution in [3.05, 3.63) is 12.1 Å². The average molecular weight is 321 g/mol. The van der Waals surface area contributed by atoms with Gasteiger partial charge in [-0.05, 0) is 19.1 Å². The number of carboxylic acid groups (broad SMARTS) is 1. The van der Waals surface area contributed by atoms with Crippen molar-refractivity contribution in [2.24, 2.45) is 0 Å². The lowest BCUT2D eigenvalue weighted by Gasteiger charge is -2.35. The molecule has 1 aliphatic heterocycles. The van der Waals surface area contributed by atoms with Crippen molar-refractivity contribution in [2.45, 2.75) is 23.3 Å². The van der Waals surface area contributed by atoms with E-state index in [4.69, 9.17) is 9.47 Å². The van der Waals surface area contributed by atoms with E-state index in [0.29, 0.717) is 5.06 Å². The van der Waals surface area contributed by atoms with Crippen molar-refractivity contribution in [1.29, 1.82) is 0 Å². The van der Waals surface area contributed by atoms with Gasteiger partial charge in [-0.25, -0.2) is 8.42 Å². The second-order valence-electron chi connectivity index (χ2n) is 4.25. The Hall–Kier alpha value is -1.16. The molecule has 1 aromatic heterocycles. The van der Waals surface area contributed by atoms with Gasteiger partial charge in [-0.1, -0.05) is 11.3 Å². The third kappa shape index (κ3) is 2.66. The van der Waals surface area contributed by atoms with Crippen molar-refractivity contribution in [3.8, 4) is 5.06 Å². The molecule has 9 heteroatoms. The molecule has 0 spiro atoms. The fourth-order valence-corrected chi connectivity index (χ4v) is 4.91. The zero-order valence-electron chi connectivity index (χ0n) is 11.0. The van der Waals surface area contributed by atoms with Gasteiger partial charge in [0.25, 0.3) is 10.0 Å². The molecule has 0 amide bonds. The van der Waals surface area contributed by atoms with Crippen molar-refractivity contribution < 1.29 is 27.8 Å². The third-order valence-electron chi connectivity index (χ3n) is 3.02. The van der Waals surface area contributed by atoms with Crippen LogP contribution in [0.15, 0.2) is 16.3 Å². The van der Waals surface area contributed by atoms with Crippen LogP contribution in [-0.2, 0) is 19.6 Å². The number of methoxy groups -OCH3 is 1. The Morgan fingerprint density at radius 1 is 1.55 bits per heavy atom. The fraction of sp³-hybridized carbons (Fsp3) is 0.545. The highest BCUT2D eigenvalue weighted by Gasteiger charge is 2.43. The Labute approximate surface area is 120 Å². The van der Waals surface area contributed by atoms with Crippen LogP contribution in [0.25, 0.3) is 0 Å². The summed E-state index contributed by atoms with van der Waals surface area (Å²) in [7, 11) is -2.42. The van der Waals surface area contributed by atoms with E-state index >= 15 is 0 Å². The van der Waals surface area contributed by atoms with Gasteiger partial charge in [0.05, 0.1) is 19.8 Å². The molecular formula is C11H15NO6S2. The second kappa shape index (κ2) is 5.68. The number of thiophene rings is 1. The fourth-order valence-electron chi connectivity index (χ4n) is 2.05. The lowest BCUT2D eigenvalue weighted by Crippen LogP contribution is -2.56. The van der Waals surface area contributed by atoms with Crippen molar-refractivity contribution in [1.82, 2.24) is 4.31 Å². The van der Waals surface area contributed by atoms with Gasteiger partial charge >= 0.3 is 5.97 Å². The van der Waals surface area contributed by atoms with Gasteiger partial charge in [-0.2, -0.15) is 4.31 Å². The Kier molecular flexibility index (Phi) is 4.33. The van der Waals surface area contributed by atoms with Gasteiger partial charge in [-0.3, -0.25) is 4.79 Å². The first-order valence-corrected chi connectivity index (χ1v) is 8.13. The van der Waals surface area contributed by atoms with E-state index in [1.807, 2.05) is 0 Å². The van der Waals surface area contributed by atoms with E-state index in [1.54, 1.807) is 6.92 Å². The highest BCUT2D eigenvalue weighted by atomic mass is 32.2. The number of morpholine rings is 1. The molecular weight excluding hydrogens is 306 g/mol. The molecule has 2 heterocycles. The van der Waals surface area contributed by atoms with E-state index in [2.05, 4.69) is 0 Å². The smallest absolute Gasteiger partial charge is 0.324 e. The number of sulfonamides is 1. The van der Waals surface area contributed by atoms with Crippen LogP contribution in [0.5, 0.6) is 5.06 Å². The average Bonchev–Trinajstić information content (AvgIpc) is 2.87. The van der Waals surface area contributed by atoms with Gasteiger partial charge in [-0.15, -0.1) is 0 Å². The largest absolute Gasteiger partial charge is 0.487 e. The molecule has 2 rings (SSSR count). The van der Waals surface area contributed by atoms with E-state index in [1.165, 1.54) is 19.2 Å². The summed E-state index contributed by atoms with van der Waals surface area (Å²) in [6.07, 6.45) is -0.696. The van der Waals surface area contributed by atoms with Crippen LogP contribution in [0.2, 0.25) is 0 Å². The van der Waals surface area contributed by atoms with Crippen LogP contribution >= 0.6 is 11.3 Å². The Balaban J connectivity index is 2.38. The summed E-state index contributed by atoms with van der Waals surface area (Å²) in [6, 6.07) is 1.73. The maximum absolute atomic E-state index is 12.5. The minimum atomic E-state index is -3.87. The normalized spacial score (nSPS) is 24.5. The highest BCUT2D eigenvalue weighted by Crippen LogP contribution is 2.32. The maximum atomic E-state index is 12.5. The number of hydrogen-bond donors (Lipinski definition) is 1. The quantitative estimate of drug-likeness (QED) is 0.874. The topological polar surface area (TPSA) is 93.1 Å². The molecule has 1 aliphatic rings. The highest BCUT2D eigenvalue weighted by molar-refractivity contribution is 7.91. The maximum Gasteiger partial charge on any atom is 0.324 e. The van der Waals surface area contributed by atoms with Gasteiger partial charge in [0.15, 0.2) is 5.06 Å². The van der Waals surface area contributed by atoms with Crippen LogP contribution in [0.1, 0.15) is 6.92 Å². The van der Waals surface area contributed by atoms with Crippen molar-refractivity contribution in [2.75, 3.05) is 20.3 Å². The van der Waals surface area contributed by atoms with Crippen molar-refractivity contribution >= 4 is 27.3 Å². The minimum absolute atomic E-state index is 0.0177. The van der Waals surface area contributed by atoms with Gasteiger partial charge in [0, 0.05) is 6.54 Å². The first-order valence-electron chi connectivity index (χ1n) is 5.88. The Morgan fingerprint density at radius 3 is 2.80 bits per heavy atom. The van der Waals surface area contributed by atoms with Crippen LogP contribution in [0.4, 0.5) is 0 Å². The molecule has 7 nitrogen and oxygen atoms in total. The monoisotopic (exact) mass is 321 g/mol. The number of hydrogen-bond acceptors (Lipinski definition) is 6. The summed E-state index contributed by atoms with van der Waals surface area (Å²) in [6.45, 7) is 1.74. The van der Waals surface area contributed by atoms with Crippen LogP contribution in [0, 0.1) is 0 Å². The zero-order valence-corrected chi connectivity index (χ0v) is 12.6. The molecule has 1 N–H and O–H groups in total. The van der Waals surface area contributed by atoms with E-state index in [-0.39, 0.29) is 17.4 Å². The third-order valence-corrected chi connectivity index (χ3v) is 6.42. The summed E-state index contributed by atoms with van der Waals surface area (Å²) in [5, 5.41) is 9.69. The Morgan fingerprint density at radius 2 is 2.25 bits per heavy atom. The number of carbonyl (C=O) groups is 1. The first kappa shape index (κ1) is 15.2. The van der Waals surface area contributed by atoms with E-state index in [9.17, 15) is 18.3 Å². The number of aliphatic carboxylic acids is 1. The molecule has 0 radical (unpaired) electrons. The molecule has 20 heavy (non-hydrogen) atoms. The zero-order chi connectivity index (χ0) is 14.9. The molecule has 0 bridgehead atoms. The van der Waals surface area contributed by atoms with Crippen LogP contribution in [-0.4, -0.2) is 56.2 Å². The molecule has 1 saturated heterocycles. The van der Waals surface area contributed by atoms with E-state index in [0.717, 1.165) is 15.6 Å². The van der Waals surface area contributed by atoms with Gasteiger partial charge < -0.3 is 14.6 Å². The van der Waals surface area contributed by atoms with Crippen LogP contribution < -0.4 is 4.74 Å². The lowest BCUT2D eigenvalue weighted by atomic mass is 10.1. The predicted molar refractivity (Wildman–Crippen MR) is 71.6 cm³/mol. The van der Waals surface area contributed by atoms with Crippen LogP contribution in [0.3, 0.4) is 0 Å². The first-order chi connectivity index (χ1) is 9.37. The number of rotatable bonds is 4. The van der Waals surface area contributed by atoms with Gasteiger partial charge in [0.2, 0.25) is 0 Å². The molecule has 2 atom stereocenters. The molecule has 0 unspecified atom stereocenters. The summed E-state index contributed by atoms with van der Waals surface area (Å²) in [4.78, 5) is 11.3. The SMILES string of the molecule is COc1ccc(S(=O)(=O)N2CCO[C@H](C)[C@H]2C(=O)O)s1. The van der Waals surface area contributed by atoms with Gasteiger partial charge in [0.1, 0.15) is 10.3 Å².